The van der Waals surface area contributed by atoms with Crippen LogP contribution in [0.1, 0.15) is 22.8 Å². The van der Waals surface area contributed by atoms with Gasteiger partial charge in [0.05, 0.1) is 20.8 Å². The predicted octanol–water partition coefficient (Wildman–Crippen LogP) is 3.60. The minimum atomic E-state index is -0.667. The van der Waals surface area contributed by atoms with Gasteiger partial charge in [0.2, 0.25) is 0 Å². The summed E-state index contributed by atoms with van der Waals surface area (Å²) in [6.07, 6.45) is 0. The van der Waals surface area contributed by atoms with Crippen molar-refractivity contribution in [1.82, 2.24) is 0 Å². The van der Waals surface area contributed by atoms with E-state index in [-0.39, 0.29) is 17.9 Å². The van der Waals surface area contributed by atoms with Gasteiger partial charge < -0.3 is 18.9 Å². The second kappa shape index (κ2) is 8.19. The quantitative estimate of drug-likeness (QED) is 0.724. The number of benzene rings is 2. The third-order valence-corrected chi connectivity index (χ3v) is 3.28. The Morgan fingerprint density at radius 3 is 2.38 bits per heavy atom. The molecule has 0 aliphatic heterocycles. The van der Waals surface area contributed by atoms with E-state index in [1.165, 1.54) is 26.4 Å². The van der Waals surface area contributed by atoms with Crippen molar-refractivity contribution < 1.29 is 28.1 Å². The van der Waals surface area contributed by atoms with Gasteiger partial charge in [-0.3, -0.25) is 0 Å². The Balaban J connectivity index is 2.10. The van der Waals surface area contributed by atoms with Crippen molar-refractivity contribution in [3.8, 4) is 17.2 Å². The maximum absolute atomic E-state index is 13.3. The molecule has 0 fully saturated rings. The van der Waals surface area contributed by atoms with Crippen LogP contribution < -0.4 is 14.2 Å². The lowest BCUT2D eigenvalue weighted by Gasteiger charge is -2.12. The first-order valence-corrected chi connectivity index (χ1v) is 7.39. The van der Waals surface area contributed by atoms with Gasteiger partial charge in [0.1, 0.15) is 23.7 Å². The lowest BCUT2D eigenvalue weighted by atomic mass is 10.2. The van der Waals surface area contributed by atoms with Crippen LogP contribution in [-0.2, 0) is 11.3 Å². The maximum atomic E-state index is 13.3. The third-order valence-electron chi connectivity index (χ3n) is 3.28. The number of hydrogen-bond donors (Lipinski definition) is 0. The Labute approximate surface area is 139 Å². The number of halogens is 1. The van der Waals surface area contributed by atoms with E-state index in [0.29, 0.717) is 18.1 Å². The molecule has 2 aromatic rings. The Kier molecular flexibility index (Phi) is 6.01. The molecule has 2 aromatic carbocycles. The fourth-order valence-corrected chi connectivity index (χ4v) is 2.14. The molecule has 5 nitrogen and oxygen atoms in total. The van der Waals surface area contributed by atoms with Crippen molar-refractivity contribution >= 4 is 5.97 Å². The number of carbonyl (C=O) groups excluding carboxylic acids is 1. The summed E-state index contributed by atoms with van der Waals surface area (Å²) in [7, 11) is 2.94. The molecule has 6 heteroatoms. The van der Waals surface area contributed by atoms with E-state index in [0.717, 1.165) is 11.6 Å². The lowest BCUT2D eigenvalue weighted by Crippen LogP contribution is -2.08. The molecule has 0 atom stereocenters. The zero-order valence-electron chi connectivity index (χ0n) is 13.8. The first-order chi connectivity index (χ1) is 11.6. The number of esters is 1. The van der Waals surface area contributed by atoms with Gasteiger partial charge in [-0.25, -0.2) is 9.18 Å². The summed E-state index contributed by atoms with van der Waals surface area (Å²) in [4.78, 5) is 12.1. The second-order valence-electron chi connectivity index (χ2n) is 4.84. The van der Waals surface area contributed by atoms with Gasteiger partial charge in [0, 0.05) is 0 Å². The van der Waals surface area contributed by atoms with Gasteiger partial charge in [-0.15, -0.1) is 0 Å². The van der Waals surface area contributed by atoms with Crippen LogP contribution in [0.25, 0.3) is 0 Å². The summed E-state index contributed by atoms with van der Waals surface area (Å²) in [6, 6.07) is 8.91. The normalized spacial score (nSPS) is 10.2. The molecule has 0 aromatic heterocycles. The lowest BCUT2D eigenvalue weighted by molar-refractivity contribution is 0.0468. The predicted molar refractivity (Wildman–Crippen MR) is 86.2 cm³/mol. The van der Waals surface area contributed by atoms with Crippen LogP contribution in [-0.4, -0.2) is 26.8 Å². The molecule has 0 saturated carbocycles. The standard InChI is InChI=1S/C18H19FO5/c1-4-23-16-7-5-12(9-17(16)22-3)11-24-18(20)14-10-13(19)6-8-15(14)21-2/h5-10H,4,11H2,1-3H3. The molecule has 0 aliphatic carbocycles. The summed E-state index contributed by atoms with van der Waals surface area (Å²) < 4.78 is 34.3. The Morgan fingerprint density at radius 2 is 1.71 bits per heavy atom. The molecule has 0 heterocycles. The summed E-state index contributed by atoms with van der Waals surface area (Å²) in [6.45, 7) is 2.41. The van der Waals surface area contributed by atoms with Gasteiger partial charge in [-0.05, 0) is 42.8 Å². The van der Waals surface area contributed by atoms with Crippen molar-refractivity contribution in [2.45, 2.75) is 13.5 Å². The number of hydrogen-bond acceptors (Lipinski definition) is 5. The van der Waals surface area contributed by atoms with Gasteiger partial charge in [-0.1, -0.05) is 6.07 Å². The molecule has 0 radical (unpaired) electrons. The first-order valence-electron chi connectivity index (χ1n) is 7.39. The molecule has 128 valence electrons. The zero-order chi connectivity index (χ0) is 17.5. The molecule has 0 aliphatic rings. The Morgan fingerprint density at radius 1 is 1.00 bits per heavy atom. The van der Waals surface area contributed by atoms with Crippen LogP contribution in [0.15, 0.2) is 36.4 Å². The van der Waals surface area contributed by atoms with Crippen molar-refractivity contribution in [1.29, 1.82) is 0 Å². The molecular weight excluding hydrogens is 315 g/mol. The average molecular weight is 334 g/mol. The zero-order valence-corrected chi connectivity index (χ0v) is 13.8. The van der Waals surface area contributed by atoms with E-state index in [1.54, 1.807) is 18.2 Å². The highest BCUT2D eigenvalue weighted by atomic mass is 19.1. The SMILES string of the molecule is CCOc1ccc(COC(=O)c2cc(F)ccc2OC)cc1OC. The molecule has 24 heavy (non-hydrogen) atoms. The van der Waals surface area contributed by atoms with E-state index in [4.69, 9.17) is 18.9 Å². The highest BCUT2D eigenvalue weighted by Gasteiger charge is 2.15. The third kappa shape index (κ3) is 4.16. The van der Waals surface area contributed by atoms with Gasteiger partial charge >= 0.3 is 5.97 Å². The topological polar surface area (TPSA) is 54.0 Å². The average Bonchev–Trinajstić information content (AvgIpc) is 2.60. The molecule has 0 saturated heterocycles. The fraction of sp³-hybridized carbons (Fsp3) is 0.278. The monoisotopic (exact) mass is 334 g/mol. The van der Waals surface area contributed by atoms with Crippen LogP contribution in [0.3, 0.4) is 0 Å². The van der Waals surface area contributed by atoms with E-state index in [1.807, 2.05) is 6.92 Å². The minimum Gasteiger partial charge on any atom is -0.496 e. The van der Waals surface area contributed by atoms with Crippen molar-refractivity contribution in [2.75, 3.05) is 20.8 Å². The van der Waals surface area contributed by atoms with E-state index < -0.39 is 11.8 Å². The van der Waals surface area contributed by atoms with E-state index in [2.05, 4.69) is 0 Å². The molecule has 0 spiro atoms. The maximum Gasteiger partial charge on any atom is 0.342 e. The van der Waals surface area contributed by atoms with Gasteiger partial charge in [-0.2, -0.15) is 0 Å². The molecule has 0 unspecified atom stereocenters. The van der Waals surface area contributed by atoms with Crippen LogP contribution in [0, 0.1) is 5.82 Å². The summed E-state index contributed by atoms with van der Waals surface area (Å²) in [5, 5.41) is 0. The Bertz CT molecular complexity index is 715. The molecule has 0 bridgehead atoms. The fourth-order valence-electron chi connectivity index (χ4n) is 2.14. The largest absolute Gasteiger partial charge is 0.496 e. The summed E-state index contributed by atoms with van der Waals surface area (Å²) in [5.74, 6) is 0.214. The smallest absolute Gasteiger partial charge is 0.342 e. The summed E-state index contributed by atoms with van der Waals surface area (Å²) in [5.41, 5.74) is 0.759. The van der Waals surface area contributed by atoms with E-state index >= 15 is 0 Å². The van der Waals surface area contributed by atoms with Gasteiger partial charge in [0.15, 0.2) is 11.5 Å². The van der Waals surface area contributed by atoms with E-state index in [9.17, 15) is 9.18 Å². The van der Waals surface area contributed by atoms with Crippen molar-refractivity contribution in [3.05, 3.63) is 53.3 Å². The molecular formula is C18H19FO5. The second-order valence-corrected chi connectivity index (χ2v) is 4.84. The summed E-state index contributed by atoms with van der Waals surface area (Å²) >= 11 is 0. The first kappa shape index (κ1) is 17.6. The van der Waals surface area contributed by atoms with Crippen LogP contribution >= 0.6 is 0 Å². The number of carbonyl (C=O) groups is 1. The minimum absolute atomic E-state index is 0.0151. The number of methoxy groups -OCH3 is 2. The van der Waals surface area contributed by atoms with Gasteiger partial charge in [0.25, 0.3) is 0 Å². The highest BCUT2D eigenvalue weighted by molar-refractivity contribution is 5.92. The molecule has 2 rings (SSSR count). The Hall–Kier alpha value is -2.76. The number of ether oxygens (including phenoxy) is 4. The van der Waals surface area contributed by atoms with Crippen LogP contribution in [0.4, 0.5) is 4.39 Å². The highest BCUT2D eigenvalue weighted by Crippen LogP contribution is 2.28. The van der Waals surface area contributed by atoms with Crippen LogP contribution in [0.2, 0.25) is 0 Å². The van der Waals surface area contributed by atoms with Crippen molar-refractivity contribution in [2.24, 2.45) is 0 Å². The molecule has 0 amide bonds. The number of rotatable bonds is 7. The molecule has 0 N–H and O–H groups in total. The van der Waals surface area contributed by atoms with Crippen molar-refractivity contribution in [3.63, 3.8) is 0 Å². The van der Waals surface area contributed by atoms with Crippen LogP contribution in [0.5, 0.6) is 17.2 Å².